The van der Waals surface area contributed by atoms with Crippen LogP contribution in [-0.4, -0.2) is 54.6 Å². The molecule has 6 nitrogen and oxygen atoms in total. The Balaban J connectivity index is 0.00000684. The Morgan fingerprint density at radius 1 is 0.711 bits per heavy atom. The zero-order valence-corrected chi connectivity index (χ0v) is 26.0. The molecular weight excluding hydrogens is 523 g/mol. The predicted octanol–water partition coefficient (Wildman–Crippen LogP) is 6.46. The van der Waals surface area contributed by atoms with Crippen LogP contribution in [-0.2, 0) is 11.8 Å². The Morgan fingerprint density at radius 3 is 1.87 bits per heavy atom. The molecule has 2 aromatic rings. The monoisotopic (exact) mass is 572 g/mol. The summed E-state index contributed by atoms with van der Waals surface area (Å²) in [5.74, 6) is 3.61. The van der Waals surface area contributed by atoms with E-state index in [0.717, 1.165) is 81.3 Å². The van der Waals surface area contributed by atoms with Crippen molar-refractivity contribution in [3.63, 3.8) is 0 Å². The predicted molar refractivity (Wildman–Crippen MR) is 164 cm³/mol. The highest BCUT2D eigenvalue weighted by Gasteiger charge is 2.35. The largest absolute Gasteiger partial charge is 0.493 e. The van der Waals surface area contributed by atoms with Crippen LogP contribution < -0.4 is 29.6 Å². The average molecular weight is 574 g/mol. The molecule has 1 atom stereocenters. The molecule has 2 rings (SSSR count). The first-order valence-corrected chi connectivity index (χ1v) is 13.3. The minimum Gasteiger partial charge on any atom is -0.493 e. The van der Waals surface area contributed by atoms with Crippen LogP contribution in [0.3, 0.4) is 0 Å². The Hall–Kier alpha value is -1.86. The van der Waals surface area contributed by atoms with Gasteiger partial charge in [-0.05, 0) is 93.0 Å². The minimum atomic E-state index is 0. The molecule has 0 aliphatic carbocycles. The molecule has 0 aromatic heterocycles. The van der Waals surface area contributed by atoms with Crippen molar-refractivity contribution in [2.75, 3.05) is 54.6 Å². The van der Waals surface area contributed by atoms with E-state index in [1.807, 2.05) is 12.1 Å². The van der Waals surface area contributed by atoms with Gasteiger partial charge in [-0.2, -0.15) is 0 Å². The van der Waals surface area contributed by atoms with Crippen LogP contribution in [0.5, 0.6) is 23.0 Å². The van der Waals surface area contributed by atoms with Gasteiger partial charge in [-0.15, -0.1) is 24.8 Å². The summed E-state index contributed by atoms with van der Waals surface area (Å²) in [7, 11) is 6.74. The molecule has 8 heteroatoms. The van der Waals surface area contributed by atoms with Gasteiger partial charge in [0.25, 0.3) is 0 Å². The quantitative estimate of drug-likeness (QED) is 0.200. The van der Waals surface area contributed by atoms with E-state index in [1.165, 1.54) is 11.1 Å². The summed E-state index contributed by atoms with van der Waals surface area (Å²) in [5, 5.41) is 7.36. The first-order valence-electron chi connectivity index (χ1n) is 13.3. The molecule has 0 fully saturated rings. The number of ether oxygens (including phenoxy) is 4. The molecule has 218 valence electrons. The van der Waals surface area contributed by atoms with Gasteiger partial charge in [-0.3, -0.25) is 0 Å². The molecule has 38 heavy (non-hydrogen) atoms. The molecule has 0 radical (unpaired) electrons. The lowest BCUT2D eigenvalue weighted by atomic mass is 9.68. The highest BCUT2D eigenvalue weighted by atomic mass is 35.5. The van der Waals surface area contributed by atoms with E-state index in [9.17, 15) is 0 Å². The van der Waals surface area contributed by atoms with Crippen LogP contribution in [0.2, 0.25) is 0 Å². The summed E-state index contributed by atoms with van der Waals surface area (Å²) in [4.78, 5) is 0. The second-order valence-corrected chi connectivity index (χ2v) is 9.70. The van der Waals surface area contributed by atoms with Gasteiger partial charge in [0.15, 0.2) is 23.0 Å². The number of hydrogen-bond donors (Lipinski definition) is 2. The average Bonchev–Trinajstić information content (AvgIpc) is 2.90. The lowest BCUT2D eigenvalue weighted by molar-refractivity contribution is 0.261. The number of aryl methyl sites for hydroxylation is 1. The zero-order chi connectivity index (χ0) is 26.4. The number of hydrogen-bond acceptors (Lipinski definition) is 6. The Bertz CT molecular complexity index is 914. The zero-order valence-electron chi connectivity index (χ0n) is 24.4. The van der Waals surface area contributed by atoms with Gasteiger partial charge in [-0.25, -0.2) is 0 Å². The smallest absolute Gasteiger partial charge is 0.161 e. The van der Waals surface area contributed by atoms with E-state index in [1.54, 1.807) is 28.4 Å². The molecule has 0 amide bonds. The van der Waals surface area contributed by atoms with Crippen molar-refractivity contribution in [1.82, 2.24) is 10.6 Å². The first kappa shape index (κ1) is 36.1. The van der Waals surface area contributed by atoms with E-state index < -0.39 is 0 Å². The summed E-state index contributed by atoms with van der Waals surface area (Å²) < 4.78 is 21.9. The number of nitrogens with one attached hydrogen (secondary N) is 2. The number of rotatable bonds is 18. The third-order valence-corrected chi connectivity index (χ3v) is 7.17. The second kappa shape index (κ2) is 19.2. The fraction of sp³-hybridized carbons (Fsp3) is 0.600. The summed E-state index contributed by atoms with van der Waals surface area (Å²) >= 11 is 0. The van der Waals surface area contributed by atoms with Crippen molar-refractivity contribution in [2.45, 2.75) is 58.3 Å². The van der Waals surface area contributed by atoms with Crippen LogP contribution in [0.15, 0.2) is 36.4 Å². The normalized spacial score (nSPS) is 12.2. The molecule has 0 saturated heterocycles. The lowest BCUT2D eigenvalue weighted by Crippen LogP contribution is -2.43. The molecule has 2 aromatic carbocycles. The maximum Gasteiger partial charge on any atom is 0.161 e. The molecule has 0 aliphatic rings. The topological polar surface area (TPSA) is 61.0 Å². The third-order valence-electron chi connectivity index (χ3n) is 7.17. The second-order valence-electron chi connectivity index (χ2n) is 9.70. The number of benzene rings is 2. The maximum atomic E-state index is 5.64. The molecule has 0 aliphatic heterocycles. The molecule has 2 N–H and O–H groups in total. The van der Waals surface area contributed by atoms with E-state index in [2.05, 4.69) is 55.7 Å². The Labute approximate surface area is 243 Å². The first-order chi connectivity index (χ1) is 17.4. The molecule has 1 unspecified atom stereocenters. The fourth-order valence-corrected chi connectivity index (χ4v) is 4.90. The van der Waals surface area contributed by atoms with Crippen molar-refractivity contribution < 1.29 is 18.9 Å². The SMILES string of the molecule is CCCNCC(CCCNCCCc1ccc(OC)c(OC)c1)(c1ccc(OC)c(OC)c1)C(C)C.Cl.Cl. The molecule has 0 bridgehead atoms. The van der Waals surface area contributed by atoms with Crippen molar-refractivity contribution >= 4 is 24.8 Å². The van der Waals surface area contributed by atoms with Crippen LogP contribution in [0.25, 0.3) is 0 Å². The van der Waals surface area contributed by atoms with Gasteiger partial charge in [0.1, 0.15) is 0 Å². The maximum absolute atomic E-state index is 5.64. The summed E-state index contributed by atoms with van der Waals surface area (Å²) in [6.07, 6.45) is 5.42. The summed E-state index contributed by atoms with van der Waals surface area (Å²) in [6, 6.07) is 12.6. The van der Waals surface area contributed by atoms with Gasteiger partial charge in [0.2, 0.25) is 0 Å². The van der Waals surface area contributed by atoms with Crippen LogP contribution in [0.4, 0.5) is 0 Å². The van der Waals surface area contributed by atoms with E-state index in [0.29, 0.717) is 5.92 Å². The standard InChI is InChI=1S/C30H48N2O4.2ClH/c1-8-17-32-22-30(23(2)3,25-13-15-27(34-5)29(21-25)36-7)16-10-19-31-18-9-11-24-12-14-26(33-4)28(20-24)35-6;;/h12-15,20-21,23,31-32H,8-11,16-19,22H2,1-7H3;2*1H. The summed E-state index contributed by atoms with van der Waals surface area (Å²) in [5.41, 5.74) is 2.60. The van der Waals surface area contributed by atoms with Crippen LogP contribution in [0.1, 0.15) is 57.6 Å². The Morgan fingerprint density at radius 2 is 1.29 bits per heavy atom. The van der Waals surface area contributed by atoms with Crippen molar-refractivity contribution in [1.29, 1.82) is 0 Å². The minimum absolute atomic E-state index is 0. The highest BCUT2D eigenvalue weighted by Crippen LogP contribution is 2.40. The van der Waals surface area contributed by atoms with Gasteiger partial charge >= 0.3 is 0 Å². The van der Waals surface area contributed by atoms with Gasteiger partial charge in [0, 0.05) is 12.0 Å². The van der Waals surface area contributed by atoms with Gasteiger partial charge in [0.05, 0.1) is 28.4 Å². The lowest BCUT2D eigenvalue weighted by Gasteiger charge is -2.39. The molecule has 0 heterocycles. The molecular formula is C30H50Cl2N2O4. The Kier molecular flexibility index (Phi) is 18.3. The van der Waals surface area contributed by atoms with Crippen LogP contribution in [0, 0.1) is 5.92 Å². The van der Waals surface area contributed by atoms with Crippen LogP contribution >= 0.6 is 24.8 Å². The summed E-state index contributed by atoms with van der Waals surface area (Å²) in [6.45, 7) is 10.9. The van der Waals surface area contributed by atoms with Gasteiger partial charge < -0.3 is 29.6 Å². The molecule has 0 saturated carbocycles. The fourth-order valence-electron chi connectivity index (χ4n) is 4.90. The van der Waals surface area contributed by atoms with E-state index in [-0.39, 0.29) is 30.2 Å². The van der Waals surface area contributed by atoms with Crippen molar-refractivity contribution in [3.8, 4) is 23.0 Å². The van der Waals surface area contributed by atoms with Gasteiger partial charge in [-0.1, -0.05) is 32.9 Å². The number of halogens is 2. The van der Waals surface area contributed by atoms with E-state index >= 15 is 0 Å². The van der Waals surface area contributed by atoms with Crippen molar-refractivity contribution in [2.24, 2.45) is 5.92 Å². The third kappa shape index (κ3) is 10.0. The van der Waals surface area contributed by atoms with E-state index in [4.69, 9.17) is 18.9 Å². The number of methoxy groups -OCH3 is 4. The molecule has 0 spiro atoms. The van der Waals surface area contributed by atoms with Crippen molar-refractivity contribution in [3.05, 3.63) is 47.5 Å². The highest BCUT2D eigenvalue weighted by molar-refractivity contribution is 5.85.